The fraction of sp³-hybridized carbons (Fsp3) is 0.615. The Morgan fingerprint density at radius 1 is 1.25 bits per heavy atom. The fourth-order valence-electron chi connectivity index (χ4n) is 1.24. The van der Waals surface area contributed by atoms with Gasteiger partial charge < -0.3 is 10.6 Å². The highest BCUT2D eigenvalue weighted by atomic mass is 15.0. The molecule has 3 heteroatoms. The van der Waals surface area contributed by atoms with Crippen molar-refractivity contribution in [3.63, 3.8) is 0 Å². The molecule has 0 radical (unpaired) electrons. The Morgan fingerprint density at radius 3 is 2.44 bits per heavy atom. The van der Waals surface area contributed by atoms with Crippen molar-refractivity contribution in [1.82, 2.24) is 4.98 Å². The number of hydrogen-bond acceptors (Lipinski definition) is 3. The summed E-state index contributed by atoms with van der Waals surface area (Å²) in [5, 5.41) is 6.41. The Labute approximate surface area is 98.7 Å². The van der Waals surface area contributed by atoms with E-state index in [4.69, 9.17) is 0 Å². The molecule has 1 heterocycles. The molecular weight excluding hydrogens is 198 g/mol. The van der Waals surface area contributed by atoms with E-state index in [9.17, 15) is 0 Å². The summed E-state index contributed by atoms with van der Waals surface area (Å²) < 4.78 is 0. The molecule has 16 heavy (non-hydrogen) atoms. The second kappa shape index (κ2) is 5.19. The van der Waals surface area contributed by atoms with Crippen LogP contribution in [0.15, 0.2) is 18.2 Å². The molecule has 1 atom stereocenters. The summed E-state index contributed by atoms with van der Waals surface area (Å²) in [4.78, 5) is 4.42. The van der Waals surface area contributed by atoms with Gasteiger partial charge in [-0.3, -0.25) is 0 Å². The topological polar surface area (TPSA) is 37.0 Å². The zero-order valence-electron chi connectivity index (χ0n) is 11.0. The van der Waals surface area contributed by atoms with Gasteiger partial charge in [-0.1, -0.05) is 33.8 Å². The minimum absolute atomic E-state index is 0.327. The van der Waals surface area contributed by atoms with Crippen molar-refractivity contribution >= 4 is 11.6 Å². The monoisotopic (exact) mass is 221 g/mol. The first-order valence-corrected chi connectivity index (χ1v) is 5.82. The maximum absolute atomic E-state index is 4.42. The molecular formula is C13H23N3. The molecule has 0 aliphatic carbocycles. The number of aromatic nitrogens is 1. The lowest BCUT2D eigenvalue weighted by Crippen LogP contribution is -2.25. The van der Waals surface area contributed by atoms with Crippen molar-refractivity contribution in [3.05, 3.63) is 18.2 Å². The van der Waals surface area contributed by atoms with Gasteiger partial charge in [0.1, 0.15) is 11.6 Å². The van der Waals surface area contributed by atoms with Crippen molar-refractivity contribution < 1.29 is 0 Å². The van der Waals surface area contributed by atoms with Gasteiger partial charge in [0.2, 0.25) is 0 Å². The molecule has 1 aromatic rings. The van der Waals surface area contributed by atoms with Gasteiger partial charge in [0.25, 0.3) is 0 Å². The summed E-state index contributed by atoms with van der Waals surface area (Å²) in [5.41, 5.74) is 0.327. The summed E-state index contributed by atoms with van der Waals surface area (Å²) in [7, 11) is 1.88. The molecule has 1 unspecified atom stereocenters. The third-order valence-electron chi connectivity index (χ3n) is 3.07. The van der Waals surface area contributed by atoms with E-state index in [1.165, 1.54) is 0 Å². The fourth-order valence-corrected chi connectivity index (χ4v) is 1.24. The molecule has 0 amide bonds. The molecule has 0 saturated carbocycles. The van der Waals surface area contributed by atoms with Crippen LogP contribution >= 0.6 is 0 Å². The summed E-state index contributed by atoms with van der Waals surface area (Å²) in [6.45, 7) is 9.99. The average Bonchev–Trinajstić information content (AvgIpc) is 2.25. The number of anilines is 2. The van der Waals surface area contributed by atoms with Gasteiger partial charge >= 0.3 is 0 Å². The Balaban J connectivity index is 2.54. The normalized spacial score (nSPS) is 13.3. The number of nitrogens with one attached hydrogen (secondary N) is 2. The lowest BCUT2D eigenvalue weighted by Gasteiger charge is -2.27. The highest BCUT2D eigenvalue weighted by Gasteiger charge is 2.19. The summed E-state index contributed by atoms with van der Waals surface area (Å²) >= 11 is 0. The first kappa shape index (κ1) is 12.8. The third-order valence-corrected chi connectivity index (χ3v) is 3.07. The SMILES string of the molecule is CNc1cccc(NCC(C)C(C)(C)C)n1. The second-order valence-corrected chi connectivity index (χ2v) is 5.31. The summed E-state index contributed by atoms with van der Waals surface area (Å²) in [5.74, 6) is 2.43. The molecule has 0 bridgehead atoms. The first-order chi connectivity index (χ1) is 7.43. The van der Waals surface area contributed by atoms with Crippen LogP contribution in [-0.4, -0.2) is 18.6 Å². The van der Waals surface area contributed by atoms with Gasteiger partial charge in [0.15, 0.2) is 0 Å². The van der Waals surface area contributed by atoms with Gasteiger partial charge in [-0.15, -0.1) is 0 Å². The first-order valence-electron chi connectivity index (χ1n) is 5.82. The van der Waals surface area contributed by atoms with E-state index in [2.05, 4.69) is 43.3 Å². The molecule has 0 aromatic carbocycles. The van der Waals surface area contributed by atoms with Crippen LogP contribution in [0.1, 0.15) is 27.7 Å². The van der Waals surface area contributed by atoms with Crippen molar-refractivity contribution in [2.75, 3.05) is 24.2 Å². The highest BCUT2D eigenvalue weighted by Crippen LogP contribution is 2.25. The van der Waals surface area contributed by atoms with Gasteiger partial charge in [-0.2, -0.15) is 0 Å². The Kier molecular flexibility index (Phi) is 4.16. The zero-order chi connectivity index (χ0) is 12.2. The van der Waals surface area contributed by atoms with E-state index in [0.29, 0.717) is 11.3 Å². The van der Waals surface area contributed by atoms with Crippen LogP contribution in [0.5, 0.6) is 0 Å². The maximum atomic E-state index is 4.42. The number of hydrogen-bond donors (Lipinski definition) is 2. The predicted octanol–water partition coefficient (Wildman–Crippen LogP) is 3.22. The molecule has 0 aliphatic rings. The zero-order valence-corrected chi connectivity index (χ0v) is 11.0. The molecule has 0 fully saturated rings. The van der Waals surface area contributed by atoms with E-state index in [1.807, 2.05) is 25.2 Å². The largest absolute Gasteiger partial charge is 0.373 e. The second-order valence-electron chi connectivity index (χ2n) is 5.31. The number of pyridine rings is 1. The number of nitrogens with zero attached hydrogens (tertiary/aromatic N) is 1. The van der Waals surface area contributed by atoms with Crippen molar-refractivity contribution in [2.24, 2.45) is 11.3 Å². The smallest absolute Gasteiger partial charge is 0.128 e. The van der Waals surface area contributed by atoms with Crippen LogP contribution in [-0.2, 0) is 0 Å². The Hall–Kier alpha value is -1.25. The third kappa shape index (κ3) is 3.72. The standard InChI is InChI=1S/C13H23N3/c1-10(13(2,3)4)9-15-12-8-6-7-11(14-5)16-12/h6-8,10H,9H2,1-5H3,(H2,14,15,16). The highest BCUT2D eigenvalue weighted by molar-refractivity contribution is 5.44. The van der Waals surface area contributed by atoms with Gasteiger partial charge in [0.05, 0.1) is 0 Å². The van der Waals surface area contributed by atoms with Crippen LogP contribution in [0.2, 0.25) is 0 Å². The minimum atomic E-state index is 0.327. The van der Waals surface area contributed by atoms with Gasteiger partial charge in [-0.25, -0.2) is 4.98 Å². The minimum Gasteiger partial charge on any atom is -0.373 e. The molecule has 1 rings (SSSR count). The van der Waals surface area contributed by atoms with E-state index in [-0.39, 0.29) is 0 Å². The van der Waals surface area contributed by atoms with E-state index < -0.39 is 0 Å². The van der Waals surface area contributed by atoms with Crippen molar-refractivity contribution in [1.29, 1.82) is 0 Å². The van der Waals surface area contributed by atoms with Gasteiger partial charge in [-0.05, 0) is 23.5 Å². The number of rotatable bonds is 4. The van der Waals surface area contributed by atoms with Crippen LogP contribution in [0, 0.1) is 11.3 Å². The molecule has 0 aliphatic heterocycles. The van der Waals surface area contributed by atoms with Crippen LogP contribution in [0.4, 0.5) is 11.6 Å². The van der Waals surface area contributed by atoms with Crippen LogP contribution in [0.3, 0.4) is 0 Å². The van der Waals surface area contributed by atoms with E-state index >= 15 is 0 Å². The lowest BCUT2D eigenvalue weighted by molar-refractivity contribution is 0.274. The molecule has 0 spiro atoms. The molecule has 1 aromatic heterocycles. The van der Waals surface area contributed by atoms with E-state index in [0.717, 1.165) is 18.2 Å². The van der Waals surface area contributed by atoms with Gasteiger partial charge in [0, 0.05) is 13.6 Å². The summed E-state index contributed by atoms with van der Waals surface area (Å²) in [6.07, 6.45) is 0. The lowest BCUT2D eigenvalue weighted by atomic mass is 9.82. The maximum Gasteiger partial charge on any atom is 0.128 e. The summed E-state index contributed by atoms with van der Waals surface area (Å²) in [6, 6.07) is 5.96. The van der Waals surface area contributed by atoms with Crippen LogP contribution < -0.4 is 10.6 Å². The molecule has 90 valence electrons. The Morgan fingerprint density at radius 2 is 1.88 bits per heavy atom. The average molecular weight is 221 g/mol. The Bertz CT molecular complexity index is 328. The predicted molar refractivity (Wildman–Crippen MR) is 70.9 cm³/mol. The quantitative estimate of drug-likeness (QED) is 0.819. The van der Waals surface area contributed by atoms with Crippen molar-refractivity contribution in [2.45, 2.75) is 27.7 Å². The molecule has 3 nitrogen and oxygen atoms in total. The van der Waals surface area contributed by atoms with E-state index in [1.54, 1.807) is 0 Å². The van der Waals surface area contributed by atoms with Crippen molar-refractivity contribution in [3.8, 4) is 0 Å². The molecule has 0 saturated heterocycles. The molecule has 2 N–H and O–H groups in total. The van der Waals surface area contributed by atoms with Crippen LogP contribution in [0.25, 0.3) is 0 Å².